The van der Waals surface area contributed by atoms with Crippen LogP contribution < -0.4 is 5.32 Å². The molecule has 4 aliphatic rings. The minimum absolute atomic E-state index is 0.336. The summed E-state index contributed by atoms with van der Waals surface area (Å²) in [5.41, 5.74) is -0.661. The summed E-state index contributed by atoms with van der Waals surface area (Å²) in [5, 5.41) is 13.1. The van der Waals surface area contributed by atoms with E-state index in [-0.39, 0.29) is 0 Å². The second-order valence-electron chi connectivity index (χ2n) is 6.40. The summed E-state index contributed by atoms with van der Waals surface area (Å²) in [5.74, 6) is 1.63. The Kier molecular flexibility index (Phi) is 3.10. The van der Waals surface area contributed by atoms with Crippen molar-refractivity contribution in [3.05, 3.63) is 0 Å². The van der Waals surface area contributed by atoms with E-state index in [1.165, 1.54) is 6.42 Å². The Labute approximate surface area is 108 Å². The second kappa shape index (κ2) is 4.49. The van der Waals surface area contributed by atoms with Gasteiger partial charge in [-0.25, -0.2) is 0 Å². The summed E-state index contributed by atoms with van der Waals surface area (Å²) in [6.07, 6.45) is 5.79. The third-order valence-corrected chi connectivity index (χ3v) is 5.50. The van der Waals surface area contributed by atoms with Gasteiger partial charge in [0.2, 0.25) is 0 Å². The largest absolute Gasteiger partial charge is 0.480 e. The van der Waals surface area contributed by atoms with Crippen molar-refractivity contribution in [3.8, 4) is 0 Å². The molecule has 0 saturated heterocycles. The first kappa shape index (κ1) is 12.4. The molecule has 4 nitrogen and oxygen atoms in total. The van der Waals surface area contributed by atoms with Gasteiger partial charge in [0.1, 0.15) is 5.54 Å². The number of ether oxygens (including phenoxy) is 1. The molecule has 102 valence electrons. The van der Waals surface area contributed by atoms with Crippen molar-refractivity contribution in [2.45, 2.75) is 37.6 Å². The van der Waals surface area contributed by atoms with Gasteiger partial charge < -0.3 is 9.84 Å². The lowest BCUT2D eigenvalue weighted by Crippen LogP contribution is -2.69. The van der Waals surface area contributed by atoms with Crippen LogP contribution in [0.4, 0.5) is 0 Å². The van der Waals surface area contributed by atoms with Gasteiger partial charge in [-0.1, -0.05) is 0 Å². The molecule has 0 aliphatic heterocycles. The first-order valence-electron chi connectivity index (χ1n) is 7.14. The molecule has 4 saturated carbocycles. The number of aliphatic carboxylic acids is 1. The van der Waals surface area contributed by atoms with E-state index in [9.17, 15) is 9.90 Å². The fraction of sp³-hybridized carbons (Fsp3) is 0.929. The van der Waals surface area contributed by atoms with Gasteiger partial charge in [0.05, 0.1) is 6.61 Å². The Morgan fingerprint density at radius 3 is 2.22 bits per heavy atom. The zero-order valence-electron chi connectivity index (χ0n) is 11.0. The zero-order valence-corrected chi connectivity index (χ0v) is 11.0. The summed E-state index contributed by atoms with van der Waals surface area (Å²) in [7, 11) is 1.66. The van der Waals surface area contributed by atoms with Gasteiger partial charge in [-0.15, -0.1) is 0 Å². The molecule has 0 spiro atoms. The van der Waals surface area contributed by atoms with Crippen molar-refractivity contribution in [2.75, 3.05) is 20.3 Å². The lowest BCUT2D eigenvalue weighted by molar-refractivity contribution is -0.164. The molecule has 4 bridgehead atoms. The molecule has 2 N–H and O–H groups in total. The third kappa shape index (κ3) is 1.69. The number of rotatable bonds is 5. The minimum Gasteiger partial charge on any atom is -0.480 e. The highest BCUT2D eigenvalue weighted by Crippen LogP contribution is 2.58. The average molecular weight is 253 g/mol. The highest BCUT2D eigenvalue weighted by Gasteiger charge is 2.60. The molecule has 0 radical (unpaired) electrons. The molecular weight excluding hydrogens is 230 g/mol. The quantitative estimate of drug-likeness (QED) is 0.729. The van der Waals surface area contributed by atoms with E-state index in [1.54, 1.807) is 7.11 Å². The van der Waals surface area contributed by atoms with Crippen LogP contribution in [-0.4, -0.2) is 36.9 Å². The molecule has 0 heterocycles. The van der Waals surface area contributed by atoms with Gasteiger partial charge in [-0.05, 0) is 55.8 Å². The first-order chi connectivity index (χ1) is 8.66. The van der Waals surface area contributed by atoms with Crippen LogP contribution in [0.2, 0.25) is 0 Å². The molecule has 4 rings (SSSR count). The number of nitrogens with one attached hydrogen (secondary N) is 1. The molecular formula is C14H23NO3. The van der Waals surface area contributed by atoms with Gasteiger partial charge in [-0.3, -0.25) is 10.1 Å². The van der Waals surface area contributed by atoms with Crippen LogP contribution in [0.15, 0.2) is 0 Å². The Hall–Kier alpha value is -0.610. The maximum atomic E-state index is 11.9. The number of methoxy groups -OCH3 is 1. The number of carboxylic acids is 1. The fourth-order valence-electron chi connectivity index (χ4n) is 5.00. The summed E-state index contributed by atoms with van der Waals surface area (Å²) in [4.78, 5) is 11.9. The van der Waals surface area contributed by atoms with Crippen molar-refractivity contribution >= 4 is 5.97 Å². The standard InChI is InChI=1S/C14H23NO3/c1-18-3-2-15-14(13(16)17)11-5-9-4-10(7-11)8-12(14)6-9/h9-12,15H,2-8H2,1H3,(H,16,17). The molecule has 0 aromatic rings. The lowest BCUT2D eigenvalue weighted by atomic mass is 9.48. The maximum Gasteiger partial charge on any atom is 0.324 e. The van der Waals surface area contributed by atoms with E-state index in [1.807, 2.05) is 0 Å². The second-order valence-corrected chi connectivity index (χ2v) is 6.40. The zero-order chi connectivity index (χ0) is 12.8. The molecule has 4 fully saturated rings. The highest BCUT2D eigenvalue weighted by atomic mass is 16.5. The minimum atomic E-state index is -0.661. The molecule has 0 aromatic heterocycles. The fourth-order valence-corrected chi connectivity index (χ4v) is 5.00. The lowest BCUT2D eigenvalue weighted by Gasteiger charge is -2.59. The van der Waals surface area contributed by atoms with Gasteiger partial charge in [0.15, 0.2) is 0 Å². The predicted octanol–water partition coefficient (Wildman–Crippen LogP) is 1.50. The smallest absolute Gasteiger partial charge is 0.324 e. The summed E-state index contributed by atoms with van der Waals surface area (Å²) >= 11 is 0. The van der Waals surface area contributed by atoms with Gasteiger partial charge in [-0.2, -0.15) is 0 Å². The van der Waals surface area contributed by atoms with E-state index < -0.39 is 11.5 Å². The van der Waals surface area contributed by atoms with E-state index in [2.05, 4.69) is 5.32 Å². The van der Waals surface area contributed by atoms with Crippen molar-refractivity contribution < 1.29 is 14.6 Å². The van der Waals surface area contributed by atoms with E-state index in [4.69, 9.17) is 4.74 Å². The molecule has 18 heavy (non-hydrogen) atoms. The number of hydrogen-bond acceptors (Lipinski definition) is 3. The monoisotopic (exact) mass is 253 g/mol. The van der Waals surface area contributed by atoms with Gasteiger partial charge in [0.25, 0.3) is 0 Å². The molecule has 0 aromatic carbocycles. The van der Waals surface area contributed by atoms with Crippen LogP contribution in [0.1, 0.15) is 32.1 Å². The molecule has 0 unspecified atom stereocenters. The Morgan fingerprint density at radius 2 is 1.78 bits per heavy atom. The van der Waals surface area contributed by atoms with Crippen LogP contribution in [0, 0.1) is 23.7 Å². The van der Waals surface area contributed by atoms with E-state index in [0.29, 0.717) is 25.0 Å². The first-order valence-corrected chi connectivity index (χ1v) is 7.14. The maximum absolute atomic E-state index is 11.9. The Balaban J connectivity index is 1.82. The predicted molar refractivity (Wildman–Crippen MR) is 67.3 cm³/mol. The topological polar surface area (TPSA) is 58.6 Å². The SMILES string of the molecule is COCCNC1(C(=O)O)C2CC3CC(C2)CC1C3. The molecule has 4 heteroatoms. The van der Waals surface area contributed by atoms with E-state index in [0.717, 1.165) is 37.5 Å². The summed E-state index contributed by atoms with van der Waals surface area (Å²) in [6.45, 7) is 1.23. The van der Waals surface area contributed by atoms with E-state index >= 15 is 0 Å². The van der Waals surface area contributed by atoms with Gasteiger partial charge in [0, 0.05) is 13.7 Å². The number of carbonyl (C=O) groups is 1. The van der Waals surface area contributed by atoms with Crippen molar-refractivity contribution in [1.82, 2.24) is 5.32 Å². The summed E-state index contributed by atoms with van der Waals surface area (Å²) < 4.78 is 5.05. The van der Waals surface area contributed by atoms with Gasteiger partial charge >= 0.3 is 5.97 Å². The molecule has 0 amide bonds. The van der Waals surface area contributed by atoms with Crippen LogP contribution in [0.3, 0.4) is 0 Å². The number of carboxylic acid groups (broad SMARTS) is 1. The third-order valence-electron chi connectivity index (χ3n) is 5.50. The highest BCUT2D eigenvalue weighted by molar-refractivity contribution is 5.80. The average Bonchev–Trinajstić information content (AvgIpc) is 2.31. The normalized spacial score (nSPS) is 45.4. The number of hydrogen-bond donors (Lipinski definition) is 2. The Morgan fingerprint density at radius 1 is 1.22 bits per heavy atom. The Bertz CT molecular complexity index is 314. The van der Waals surface area contributed by atoms with Crippen molar-refractivity contribution in [3.63, 3.8) is 0 Å². The summed E-state index contributed by atoms with van der Waals surface area (Å²) in [6, 6.07) is 0. The van der Waals surface area contributed by atoms with Crippen LogP contribution in [0.25, 0.3) is 0 Å². The van der Waals surface area contributed by atoms with Crippen molar-refractivity contribution in [2.24, 2.45) is 23.7 Å². The van der Waals surface area contributed by atoms with Crippen LogP contribution in [-0.2, 0) is 9.53 Å². The molecule has 4 aliphatic carbocycles. The van der Waals surface area contributed by atoms with Crippen molar-refractivity contribution in [1.29, 1.82) is 0 Å². The molecule has 0 atom stereocenters. The van der Waals surface area contributed by atoms with Crippen LogP contribution in [0.5, 0.6) is 0 Å². The van der Waals surface area contributed by atoms with Crippen LogP contribution >= 0.6 is 0 Å².